The van der Waals surface area contributed by atoms with Crippen molar-refractivity contribution in [1.82, 2.24) is 0 Å². The standard InChI is InChI=1S/C19H33O4PS2/c1-15(2)22-24(20,23-18(3,4)5)21-14-13-16-11-9-10-12-17(16)25-26-19(6,7)8/h9-12,15H,13-14H2,1-8H3. The first-order valence-electron chi connectivity index (χ1n) is 8.87. The van der Waals surface area contributed by atoms with Gasteiger partial charge in [-0.1, -0.05) is 60.6 Å². The summed E-state index contributed by atoms with van der Waals surface area (Å²) in [6.07, 6.45) is 0.404. The summed E-state index contributed by atoms with van der Waals surface area (Å²) in [7, 11) is -0.0131. The van der Waals surface area contributed by atoms with E-state index in [-0.39, 0.29) is 17.5 Å². The van der Waals surface area contributed by atoms with Crippen LogP contribution in [0.2, 0.25) is 0 Å². The first-order chi connectivity index (χ1) is 11.8. The molecule has 1 aromatic carbocycles. The molecule has 0 aliphatic heterocycles. The summed E-state index contributed by atoms with van der Waals surface area (Å²) in [6, 6.07) is 8.23. The highest BCUT2D eigenvalue weighted by molar-refractivity contribution is 8.77. The van der Waals surface area contributed by atoms with E-state index in [1.807, 2.05) is 57.5 Å². The minimum absolute atomic E-state index is 0.176. The average Bonchev–Trinajstić information content (AvgIpc) is 2.42. The van der Waals surface area contributed by atoms with E-state index in [2.05, 4.69) is 32.9 Å². The van der Waals surface area contributed by atoms with Crippen molar-refractivity contribution in [3.63, 3.8) is 0 Å². The predicted octanol–water partition coefficient (Wildman–Crippen LogP) is 7.13. The Morgan fingerprint density at radius 2 is 1.69 bits per heavy atom. The Morgan fingerprint density at radius 1 is 1.08 bits per heavy atom. The second-order valence-corrected chi connectivity index (χ2v) is 12.8. The van der Waals surface area contributed by atoms with Gasteiger partial charge in [-0.25, -0.2) is 4.57 Å². The molecular weight excluding hydrogens is 387 g/mol. The maximum absolute atomic E-state index is 12.9. The first-order valence-corrected chi connectivity index (χ1v) is 12.5. The lowest BCUT2D eigenvalue weighted by Gasteiger charge is -2.27. The zero-order valence-electron chi connectivity index (χ0n) is 17.2. The normalized spacial score (nSPS) is 15.3. The van der Waals surface area contributed by atoms with Crippen molar-refractivity contribution >= 4 is 29.4 Å². The molecule has 0 radical (unpaired) electrons. The van der Waals surface area contributed by atoms with Crippen molar-refractivity contribution in [2.45, 2.75) is 83.2 Å². The summed E-state index contributed by atoms with van der Waals surface area (Å²) in [5.74, 6) is 0. The van der Waals surface area contributed by atoms with Crippen LogP contribution in [0.1, 0.15) is 61.0 Å². The molecule has 1 rings (SSSR count). The maximum Gasteiger partial charge on any atom is 0.475 e. The van der Waals surface area contributed by atoms with Crippen LogP contribution in [0.5, 0.6) is 0 Å². The molecule has 0 aromatic heterocycles. The van der Waals surface area contributed by atoms with Gasteiger partial charge in [-0.15, -0.1) is 0 Å². The second-order valence-electron chi connectivity index (χ2n) is 8.28. The number of benzene rings is 1. The maximum atomic E-state index is 12.9. The van der Waals surface area contributed by atoms with Crippen molar-refractivity contribution in [1.29, 1.82) is 0 Å². The molecule has 0 saturated heterocycles. The van der Waals surface area contributed by atoms with Crippen LogP contribution in [0, 0.1) is 0 Å². The zero-order chi connectivity index (χ0) is 20.0. The molecule has 26 heavy (non-hydrogen) atoms. The van der Waals surface area contributed by atoms with Crippen molar-refractivity contribution in [2.24, 2.45) is 0 Å². The van der Waals surface area contributed by atoms with E-state index in [1.54, 1.807) is 10.8 Å². The van der Waals surface area contributed by atoms with Gasteiger partial charge in [0.05, 0.1) is 18.3 Å². The van der Waals surface area contributed by atoms with Crippen LogP contribution in [-0.4, -0.2) is 23.1 Å². The predicted molar refractivity (Wildman–Crippen MR) is 114 cm³/mol. The highest BCUT2D eigenvalue weighted by Crippen LogP contribution is 2.53. The lowest BCUT2D eigenvalue weighted by molar-refractivity contribution is 0.0315. The molecule has 7 heteroatoms. The minimum atomic E-state index is -3.60. The Hall–Kier alpha value is 0.0300. The van der Waals surface area contributed by atoms with Crippen molar-refractivity contribution in [2.75, 3.05) is 6.61 Å². The van der Waals surface area contributed by atoms with Gasteiger partial charge in [-0.3, -0.25) is 13.6 Å². The fourth-order valence-corrected chi connectivity index (χ4v) is 5.82. The van der Waals surface area contributed by atoms with Gasteiger partial charge in [0.15, 0.2) is 0 Å². The lowest BCUT2D eigenvalue weighted by atomic mass is 10.2. The number of hydrogen-bond acceptors (Lipinski definition) is 6. The molecule has 0 aliphatic carbocycles. The second kappa shape index (κ2) is 9.99. The van der Waals surface area contributed by atoms with Gasteiger partial charge in [0.1, 0.15) is 0 Å². The van der Waals surface area contributed by atoms with E-state index >= 15 is 0 Å². The topological polar surface area (TPSA) is 44.8 Å². The molecule has 1 aromatic rings. The van der Waals surface area contributed by atoms with Crippen molar-refractivity contribution in [3.05, 3.63) is 29.8 Å². The quantitative estimate of drug-likeness (QED) is 0.313. The van der Waals surface area contributed by atoms with Crippen LogP contribution in [0.4, 0.5) is 0 Å². The summed E-state index contributed by atoms with van der Waals surface area (Å²) in [5, 5.41) is 0. The van der Waals surface area contributed by atoms with Crippen molar-refractivity contribution in [3.8, 4) is 0 Å². The first kappa shape index (κ1) is 24.1. The van der Waals surface area contributed by atoms with Gasteiger partial charge in [0.2, 0.25) is 0 Å². The molecule has 0 saturated carbocycles. The summed E-state index contributed by atoms with van der Waals surface area (Å²) in [6.45, 7) is 16.0. The zero-order valence-corrected chi connectivity index (χ0v) is 19.7. The van der Waals surface area contributed by atoms with E-state index in [9.17, 15) is 4.57 Å². The third-order valence-corrected chi connectivity index (χ3v) is 8.10. The molecule has 4 nitrogen and oxygen atoms in total. The van der Waals surface area contributed by atoms with E-state index in [0.717, 1.165) is 0 Å². The van der Waals surface area contributed by atoms with Crippen LogP contribution in [0.25, 0.3) is 0 Å². The van der Waals surface area contributed by atoms with Crippen molar-refractivity contribution < 1.29 is 18.1 Å². The average molecular weight is 421 g/mol. The number of rotatable bonds is 9. The fraction of sp³-hybridized carbons (Fsp3) is 0.684. The summed E-state index contributed by atoms with van der Waals surface area (Å²) in [4.78, 5) is 1.20. The molecule has 0 heterocycles. The summed E-state index contributed by atoms with van der Waals surface area (Å²) >= 11 is 0. The van der Waals surface area contributed by atoms with Crippen LogP contribution < -0.4 is 0 Å². The Morgan fingerprint density at radius 3 is 2.23 bits per heavy atom. The van der Waals surface area contributed by atoms with Crippen LogP contribution in [0.3, 0.4) is 0 Å². The van der Waals surface area contributed by atoms with E-state index in [4.69, 9.17) is 13.6 Å². The Kier molecular flexibility index (Phi) is 9.25. The number of phosphoric acid groups is 1. The Labute approximate surface area is 167 Å². The molecule has 0 fully saturated rings. The van der Waals surface area contributed by atoms with Gasteiger partial charge in [0.25, 0.3) is 0 Å². The van der Waals surface area contributed by atoms with Crippen LogP contribution in [-0.2, 0) is 24.6 Å². The number of phosphoric ester groups is 1. The molecule has 1 unspecified atom stereocenters. The highest BCUT2D eigenvalue weighted by atomic mass is 33.1. The van der Waals surface area contributed by atoms with Gasteiger partial charge in [0, 0.05) is 9.64 Å². The Balaban J connectivity index is 2.74. The van der Waals surface area contributed by atoms with E-state index < -0.39 is 13.4 Å². The van der Waals surface area contributed by atoms with Gasteiger partial charge in [-0.2, -0.15) is 0 Å². The van der Waals surface area contributed by atoms with Gasteiger partial charge < -0.3 is 0 Å². The summed E-state index contributed by atoms with van der Waals surface area (Å²) in [5.41, 5.74) is 0.558. The molecule has 0 N–H and O–H groups in total. The van der Waals surface area contributed by atoms with Crippen LogP contribution in [0.15, 0.2) is 29.2 Å². The third-order valence-electron chi connectivity index (χ3n) is 2.70. The fourth-order valence-electron chi connectivity index (χ4n) is 1.90. The highest BCUT2D eigenvalue weighted by Gasteiger charge is 2.33. The molecule has 150 valence electrons. The lowest BCUT2D eigenvalue weighted by Crippen LogP contribution is -2.20. The molecule has 0 spiro atoms. The molecule has 0 bridgehead atoms. The van der Waals surface area contributed by atoms with E-state index in [0.29, 0.717) is 6.42 Å². The van der Waals surface area contributed by atoms with E-state index in [1.165, 1.54) is 10.5 Å². The smallest absolute Gasteiger partial charge is 0.287 e. The number of hydrogen-bond donors (Lipinski definition) is 0. The summed E-state index contributed by atoms with van der Waals surface area (Å²) < 4.78 is 29.8. The molecule has 0 amide bonds. The third kappa shape index (κ3) is 10.4. The Bertz CT molecular complexity index is 606. The largest absolute Gasteiger partial charge is 0.475 e. The SMILES string of the molecule is CC(C)OP(=O)(OCCc1ccccc1SSC(C)(C)C)OC(C)(C)C. The molecular formula is C19H33O4PS2. The van der Waals surface area contributed by atoms with Crippen LogP contribution >= 0.6 is 29.4 Å². The molecule has 1 atom stereocenters. The monoisotopic (exact) mass is 420 g/mol. The minimum Gasteiger partial charge on any atom is -0.287 e. The van der Waals surface area contributed by atoms with Gasteiger partial charge in [-0.05, 0) is 52.7 Å². The molecule has 0 aliphatic rings. The van der Waals surface area contributed by atoms with Gasteiger partial charge >= 0.3 is 7.82 Å².